The summed E-state index contributed by atoms with van der Waals surface area (Å²) in [5, 5.41) is 0. The molecule has 0 bridgehead atoms. The molecule has 1 rings (SSSR count). The van der Waals surface area contributed by atoms with Gasteiger partial charge in [-0.1, -0.05) is 22.0 Å². The van der Waals surface area contributed by atoms with Gasteiger partial charge in [-0.25, -0.2) is 0 Å². The SMILES string of the molecule is [2H]c1c([2H])c(C(F)(F)F)c([2H])c(Br)c1C([2H])([2H])[2H]. The van der Waals surface area contributed by atoms with Crippen LogP contribution >= 0.6 is 15.9 Å². The molecule has 0 spiro atoms. The van der Waals surface area contributed by atoms with Crippen molar-refractivity contribution in [2.24, 2.45) is 0 Å². The summed E-state index contributed by atoms with van der Waals surface area (Å²) in [4.78, 5) is 0. The van der Waals surface area contributed by atoms with Crippen molar-refractivity contribution in [1.29, 1.82) is 0 Å². The summed E-state index contributed by atoms with van der Waals surface area (Å²) >= 11 is 2.59. The molecule has 0 heterocycles. The number of halogens is 4. The van der Waals surface area contributed by atoms with Gasteiger partial charge in [0.15, 0.2) is 0 Å². The van der Waals surface area contributed by atoms with Crippen molar-refractivity contribution < 1.29 is 21.4 Å². The Kier molecular flexibility index (Phi) is 1.06. The summed E-state index contributed by atoms with van der Waals surface area (Å²) in [7, 11) is 0. The van der Waals surface area contributed by atoms with E-state index in [1.54, 1.807) is 0 Å². The van der Waals surface area contributed by atoms with Gasteiger partial charge in [-0.05, 0) is 24.5 Å². The first kappa shape index (κ1) is 4.13. The Bertz CT molecular complexity index is 419. The lowest BCUT2D eigenvalue weighted by molar-refractivity contribution is -0.137. The second-order valence-corrected chi connectivity index (χ2v) is 2.73. The molecule has 0 unspecified atom stereocenters. The van der Waals surface area contributed by atoms with Crippen molar-refractivity contribution in [2.75, 3.05) is 0 Å². The fourth-order valence-electron chi connectivity index (χ4n) is 0.525. The highest BCUT2D eigenvalue weighted by molar-refractivity contribution is 9.10. The lowest BCUT2D eigenvalue weighted by atomic mass is 10.1. The number of hydrogen-bond donors (Lipinski definition) is 0. The van der Waals surface area contributed by atoms with Crippen molar-refractivity contribution in [3.8, 4) is 0 Å². The number of benzene rings is 1. The summed E-state index contributed by atoms with van der Waals surface area (Å²) < 4.78 is 80.4. The normalized spacial score (nSPS) is 20.0. The van der Waals surface area contributed by atoms with Crippen LogP contribution in [-0.2, 0) is 6.18 Å². The van der Waals surface area contributed by atoms with E-state index in [1.807, 2.05) is 0 Å². The van der Waals surface area contributed by atoms with E-state index in [0.29, 0.717) is 0 Å². The molecule has 1 aromatic carbocycles. The third-order valence-corrected chi connectivity index (χ3v) is 1.64. The summed E-state index contributed by atoms with van der Waals surface area (Å²) in [6, 6.07) is -3.50. The minimum Gasteiger partial charge on any atom is -0.166 e. The molecule has 12 heavy (non-hydrogen) atoms. The van der Waals surface area contributed by atoms with Gasteiger partial charge in [0.05, 0.1) is 9.68 Å². The van der Waals surface area contributed by atoms with Crippen LogP contribution in [0.3, 0.4) is 0 Å². The zero-order valence-corrected chi connectivity index (χ0v) is 7.10. The third-order valence-electron chi connectivity index (χ3n) is 1.05. The molecule has 0 aromatic heterocycles. The van der Waals surface area contributed by atoms with Crippen molar-refractivity contribution in [3.63, 3.8) is 0 Å². The Morgan fingerprint density at radius 2 is 2.17 bits per heavy atom. The minimum atomic E-state index is -4.99. The van der Waals surface area contributed by atoms with Crippen LogP contribution in [0.5, 0.6) is 0 Å². The highest BCUT2D eigenvalue weighted by Gasteiger charge is 2.30. The molecule has 1 aromatic rings. The van der Waals surface area contributed by atoms with Crippen LogP contribution in [0, 0.1) is 6.85 Å². The van der Waals surface area contributed by atoms with Crippen LogP contribution in [0.15, 0.2) is 22.6 Å². The molecule has 0 saturated carbocycles. The fourth-order valence-corrected chi connectivity index (χ4v) is 0.822. The molecule has 0 aliphatic carbocycles. The van der Waals surface area contributed by atoms with E-state index in [2.05, 4.69) is 15.9 Å². The second-order valence-electron chi connectivity index (χ2n) is 1.94. The molecule has 0 atom stereocenters. The molecule has 4 heteroatoms. The molecule has 0 aliphatic rings. The first-order valence-corrected chi connectivity index (χ1v) is 3.55. The van der Waals surface area contributed by atoms with Crippen LogP contribution in [0.4, 0.5) is 13.2 Å². The molecule has 0 fully saturated rings. The maximum Gasteiger partial charge on any atom is 0.416 e. The lowest BCUT2D eigenvalue weighted by Gasteiger charge is -2.07. The highest BCUT2D eigenvalue weighted by Crippen LogP contribution is 2.31. The Morgan fingerprint density at radius 1 is 1.50 bits per heavy atom. The van der Waals surface area contributed by atoms with Gasteiger partial charge < -0.3 is 0 Å². The first-order chi connectivity index (χ1) is 7.89. The summed E-state index contributed by atoms with van der Waals surface area (Å²) in [5.74, 6) is 0. The van der Waals surface area contributed by atoms with E-state index < -0.39 is 46.8 Å². The average molecular weight is 245 g/mol. The van der Waals surface area contributed by atoms with Gasteiger partial charge in [0.2, 0.25) is 0 Å². The predicted octanol–water partition coefficient (Wildman–Crippen LogP) is 3.78. The Hall–Kier alpha value is -0.510. The molecule has 0 amide bonds. The number of alkyl halides is 3. The smallest absolute Gasteiger partial charge is 0.166 e. The molecular weight excluding hydrogens is 233 g/mol. The Morgan fingerprint density at radius 3 is 2.67 bits per heavy atom. The summed E-state index contributed by atoms with van der Waals surface area (Å²) in [5.41, 5.74) is -2.38. The van der Waals surface area contributed by atoms with Crippen molar-refractivity contribution >= 4 is 15.9 Å². The van der Waals surface area contributed by atoms with Gasteiger partial charge in [0.25, 0.3) is 0 Å². The first-order valence-electron chi connectivity index (χ1n) is 5.76. The van der Waals surface area contributed by atoms with E-state index in [1.165, 1.54) is 0 Å². The van der Waals surface area contributed by atoms with E-state index in [9.17, 15) is 13.2 Å². The van der Waals surface area contributed by atoms with Crippen LogP contribution in [-0.4, -0.2) is 0 Å². The maximum absolute atomic E-state index is 12.6. The highest BCUT2D eigenvalue weighted by atomic mass is 79.9. The minimum absolute atomic E-state index is 0.629. The zero-order valence-electron chi connectivity index (χ0n) is 11.5. The Labute approximate surface area is 85.0 Å². The molecule has 0 N–H and O–H groups in total. The van der Waals surface area contributed by atoms with Crippen molar-refractivity contribution in [3.05, 3.63) is 33.7 Å². The van der Waals surface area contributed by atoms with Crippen LogP contribution in [0.25, 0.3) is 0 Å². The summed E-state index contributed by atoms with van der Waals surface area (Å²) in [6.07, 6.45) is -4.99. The molecule has 0 aliphatic heterocycles. The van der Waals surface area contributed by atoms with Gasteiger partial charge in [-0.2, -0.15) is 13.2 Å². The van der Waals surface area contributed by atoms with Crippen LogP contribution in [0.2, 0.25) is 0 Å². The average Bonchev–Trinajstić information content (AvgIpc) is 2.10. The van der Waals surface area contributed by atoms with Gasteiger partial charge >= 0.3 is 6.18 Å². The van der Waals surface area contributed by atoms with Crippen LogP contribution < -0.4 is 0 Å². The van der Waals surface area contributed by atoms with Gasteiger partial charge in [-0.3, -0.25) is 0 Å². The number of hydrogen-bond acceptors (Lipinski definition) is 0. The zero-order chi connectivity index (χ0) is 14.5. The summed E-state index contributed by atoms with van der Waals surface area (Å²) in [6.45, 7) is -2.87. The topological polar surface area (TPSA) is 0 Å². The number of rotatable bonds is 0. The standard InChI is InChI=1S/C8H6BrF3/c1-5-2-3-6(4-7(5)9)8(10,11)12/h2-4H,1H3/i1D3,2D,3D,4D. The van der Waals surface area contributed by atoms with Gasteiger partial charge in [0.1, 0.15) is 0 Å². The van der Waals surface area contributed by atoms with E-state index in [4.69, 9.17) is 8.22 Å². The Balaban J connectivity index is 3.79. The fraction of sp³-hybridized carbons (Fsp3) is 0.250. The van der Waals surface area contributed by atoms with E-state index >= 15 is 0 Å². The largest absolute Gasteiger partial charge is 0.416 e. The maximum atomic E-state index is 12.6. The van der Waals surface area contributed by atoms with E-state index in [0.717, 1.165) is 0 Å². The van der Waals surface area contributed by atoms with Crippen molar-refractivity contribution in [2.45, 2.75) is 13.0 Å². The van der Waals surface area contributed by atoms with Crippen LogP contribution in [0.1, 0.15) is 19.4 Å². The molecule has 0 radical (unpaired) electrons. The molecule has 0 nitrogen and oxygen atoms in total. The molecular formula is C8H6BrF3. The lowest BCUT2D eigenvalue weighted by Crippen LogP contribution is -2.04. The second kappa shape index (κ2) is 3.09. The quantitative estimate of drug-likeness (QED) is 0.652. The van der Waals surface area contributed by atoms with Gasteiger partial charge in [0, 0.05) is 8.58 Å². The molecule has 66 valence electrons. The van der Waals surface area contributed by atoms with Crippen molar-refractivity contribution in [1.82, 2.24) is 0 Å². The third kappa shape index (κ3) is 2.00. The predicted molar refractivity (Wildman–Crippen MR) is 43.9 cm³/mol. The monoisotopic (exact) mass is 244 g/mol. The van der Waals surface area contributed by atoms with Gasteiger partial charge in [-0.15, -0.1) is 0 Å². The molecule has 0 saturated heterocycles. The van der Waals surface area contributed by atoms with E-state index in [-0.39, 0.29) is 0 Å².